The minimum absolute atomic E-state index is 0.0140. The molecule has 2 aromatic carbocycles. The Labute approximate surface area is 153 Å². The molecule has 0 saturated heterocycles. The Morgan fingerprint density at radius 3 is 2.56 bits per heavy atom. The average molecular weight is 363 g/mol. The number of fused-ring (bicyclic) bond motifs is 1. The number of pyridine rings is 1. The molecule has 0 atom stereocenters. The number of ether oxygens (including phenoxy) is 2. The molecule has 6 nitrogen and oxygen atoms in total. The number of hydrogen-bond donors (Lipinski definition) is 2. The van der Waals surface area contributed by atoms with Crippen LogP contribution < -0.4 is 15.2 Å². The van der Waals surface area contributed by atoms with Gasteiger partial charge in [0.15, 0.2) is 11.6 Å². The monoisotopic (exact) mass is 363 g/mol. The molecule has 0 bridgehead atoms. The Bertz CT molecular complexity index is 1130. The van der Waals surface area contributed by atoms with Crippen LogP contribution in [0.4, 0.5) is 9.18 Å². The number of benzene rings is 2. The van der Waals surface area contributed by atoms with E-state index in [4.69, 9.17) is 15.2 Å². The van der Waals surface area contributed by atoms with Gasteiger partial charge in [0.05, 0.1) is 10.9 Å². The summed E-state index contributed by atoms with van der Waals surface area (Å²) in [5.74, 6) is -0.220. The zero-order valence-corrected chi connectivity index (χ0v) is 14.0. The lowest BCUT2D eigenvalue weighted by Crippen LogP contribution is -2.17. The number of H-pyrrole nitrogens is 1. The standard InChI is InChI=1S/C20H14FN3O3/c21-18-16(26-14-9-11-24-19-13(14)8-10-23-19)7-6-15(27-20(22)25)17(18)12-4-2-1-3-5-12/h1-11H,(H2,22,25)(H,23,24). The predicted octanol–water partition coefficient (Wildman–Crippen LogP) is 4.62. The number of carbonyl (C=O) groups excluding carboxylic acids is 1. The predicted molar refractivity (Wildman–Crippen MR) is 98.2 cm³/mol. The van der Waals surface area contributed by atoms with Gasteiger partial charge < -0.3 is 20.2 Å². The van der Waals surface area contributed by atoms with Gasteiger partial charge in [-0.2, -0.15) is 0 Å². The molecular weight excluding hydrogens is 349 g/mol. The number of aromatic nitrogens is 2. The second-order valence-corrected chi connectivity index (χ2v) is 5.69. The van der Waals surface area contributed by atoms with Gasteiger partial charge in [0.1, 0.15) is 17.1 Å². The fourth-order valence-corrected chi connectivity index (χ4v) is 2.83. The van der Waals surface area contributed by atoms with Gasteiger partial charge in [0, 0.05) is 12.4 Å². The number of nitrogens with two attached hydrogens (primary N) is 1. The first-order chi connectivity index (χ1) is 13.1. The van der Waals surface area contributed by atoms with Crippen LogP contribution in [0.5, 0.6) is 17.2 Å². The Balaban J connectivity index is 1.83. The molecule has 0 unspecified atom stereocenters. The Morgan fingerprint density at radius 2 is 1.78 bits per heavy atom. The summed E-state index contributed by atoms with van der Waals surface area (Å²) in [4.78, 5) is 18.3. The van der Waals surface area contributed by atoms with Gasteiger partial charge in [-0.15, -0.1) is 0 Å². The van der Waals surface area contributed by atoms with Gasteiger partial charge in [0.25, 0.3) is 0 Å². The minimum atomic E-state index is -1.02. The molecule has 7 heteroatoms. The van der Waals surface area contributed by atoms with Crippen molar-refractivity contribution in [1.29, 1.82) is 0 Å². The summed E-state index contributed by atoms with van der Waals surface area (Å²) in [5, 5.41) is 0.718. The summed E-state index contributed by atoms with van der Waals surface area (Å²) in [6, 6.07) is 15.0. The van der Waals surface area contributed by atoms with Crippen LogP contribution in [0.1, 0.15) is 0 Å². The topological polar surface area (TPSA) is 90.2 Å². The SMILES string of the molecule is NC(=O)Oc1ccc(Oc2ccnc3[nH]ccc23)c(F)c1-c1ccccc1. The van der Waals surface area contributed by atoms with Crippen molar-refractivity contribution in [2.75, 3.05) is 0 Å². The van der Waals surface area contributed by atoms with Crippen LogP contribution >= 0.6 is 0 Å². The fourth-order valence-electron chi connectivity index (χ4n) is 2.83. The molecule has 2 heterocycles. The number of nitrogens with zero attached hydrogens (tertiary/aromatic N) is 1. The summed E-state index contributed by atoms with van der Waals surface area (Å²) in [6.45, 7) is 0. The zero-order valence-electron chi connectivity index (χ0n) is 14.0. The van der Waals surface area contributed by atoms with Crippen molar-refractivity contribution in [3.63, 3.8) is 0 Å². The first-order valence-corrected chi connectivity index (χ1v) is 8.08. The molecule has 4 rings (SSSR count). The van der Waals surface area contributed by atoms with E-state index >= 15 is 4.39 Å². The van der Waals surface area contributed by atoms with Gasteiger partial charge in [-0.05, 0) is 29.8 Å². The van der Waals surface area contributed by atoms with Gasteiger partial charge in [-0.3, -0.25) is 0 Å². The maximum absolute atomic E-state index is 15.3. The van der Waals surface area contributed by atoms with E-state index in [1.807, 2.05) is 0 Å². The van der Waals surface area contributed by atoms with Crippen molar-refractivity contribution in [3.05, 3.63) is 72.8 Å². The molecule has 1 amide bonds. The number of hydrogen-bond acceptors (Lipinski definition) is 4. The molecule has 0 fully saturated rings. The smallest absolute Gasteiger partial charge is 0.409 e. The number of carbonyl (C=O) groups is 1. The highest BCUT2D eigenvalue weighted by Gasteiger charge is 2.20. The highest BCUT2D eigenvalue weighted by atomic mass is 19.1. The third-order valence-electron chi connectivity index (χ3n) is 3.98. The van der Waals surface area contributed by atoms with E-state index in [-0.39, 0.29) is 17.1 Å². The van der Waals surface area contributed by atoms with Crippen LogP contribution in [-0.4, -0.2) is 16.1 Å². The van der Waals surface area contributed by atoms with E-state index in [1.165, 1.54) is 12.1 Å². The highest BCUT2D eigenvalue weighted by molar-refractivity contribution is 5.83. The fraction of sp³-hybridized carbons (Fsp3) is 0. The van der Waals surface area contributed by atoms with Crippen molar-refractivity contribution in [2.45, 2.75) is 0 Å². The number of amides is 1. The van der Waals surface area contributed by atoms with Crippen molar-refractivity contribution in [2.24, 2.45) is 5.73 Å². The molecule has 0 spiro atoms. The maximum Gasteiger partial charge on any atom is 0.409 e. The van der Waals surface area contributed by atoms with E-state index in [1.54, 1.807) is 54.9 Å². The Kier molecular flexibility index (Phi) is 4.18. The van der Waals surface area contributed by atoms with Crippen LogP contribution in [0.3, 0.4) is 0 Å². The van der Waals surface area contributed by atoms with Crippen molar-refractivity contribution < 1.29 is 18.7 Å². The van der Waals surface area contributed by atoms with E-state index < -0.39 is 11.9 Å². The van der Waals surface area contributed by atoms with Gasteiger partial charge in [-0.1, -0.05) is 30.3 Å². The van der Waals surface area contributed by atoms with E-state index in [9.17, 15) is 4.79 Å². The minimum Gasteiger partial charge on any atom is -0.453 e. The van der Waals surface area contributed by atoms with Crippen LogP contribution in [0, 0.1) is 5.82 Å². The van der Waals surface area contributed by atoms with Crippen LogP contribution in [-0.2, 0) is 0 Å². The molecule has 27 heavy (non-hydrogen) atoms. The van der Waals surface area contributed by atoms with E-state index in [2.05, 4.69) is 9.97 Å². The lowest BCUT2D eigenvalue weighted by atomic mass is 10.0. The summed E-state index contributed by atoms with van der Waals surface area (Å²) in [6.07, 6.45) is 2.26. The lowest BCUT2D eigenvalue weighted by Gasteiger charge is -2.14. The summed E-state index contributed by atoms with van der Waals surface area (Å²) >= 11 is 0. The van der Waals surface area contributed by atoms with E-state index in [0.29, 0.717) is 17.0 Å². The van der Waals surface area contributed by atoms with Crippen molar-refractivity contribution in [3.8, 4) is 28.4 Å². The molecular formula is C20H14FN3O3. The normalized spacial score (nSPS) is 10.7. The van der Waals surface area contributed by atoms with Crippen LogP contribution in [0.15, 0.2) is 67.0 Å². The van der Waals surface area contributed by atoms with Crippen molar-refractivity contribution in [1.82, 2.24) is 9.97 Å². The van der Waals surface area contributed by atoms with Crippen molar-refractivity contribution >= 4 is 17.1 Å². The lowest BCUT2D eigenvalue weighted by molar-refractivity contribution is 0.211. The zero-order chi connectivity index (χ0) is 18.8. The highest BCUT2D eigenvalue weighted by Crippen LogP contribution is 2.39. The second-order valence-electron chi connectivity index (χ2n) is 5.69. The average Bonchev–Trinajstić information content (AvgIpc) is 3.14. The summed E-state index contributed by atoms with van der Waals surface area (Å²) < 4.78 is 26.1. The number of aromatic amines is 1. The molecule has 0 aliphatic heterocycles. The Morgan fingerprint density at radius 1 is 1.00 bits per heavy atom. The summed E-state index contributed by atoms with van der Waals surface area (Å²) in [5.41, 5.74) is 6.35. The number of rotatable bonds is 4. The molecule has 0 radical (unpaired) electrons. The first kappa shape index (κ1) is 16.6. The molecule has 0 aliphatic rings. The van der Waals surface area contributed by atoms with Crippen LogP contribution in [0.2, 0.25) is 0 Å². The molecule has 0 saturated carbocycles. The molecule has 4 aromatic rings. The number of nitrogens with one attached hydrogen (secondary N) is 1. The number of halogens is 1. The van der Waals surface area contributed by atoms with Gasteiger partial charge in [0.2, 0.25) is 0 Å². The third kappa shape index (κ3) is 3.18. The molecule has 3 N–H and O–H groups in total. The molecule has 134 valence electrons. The molecule has 2 aromatic heterocycles. The van der Waals surface area contributed by atoms with Gasteiger partial charge in [-0.25, -0.2) is 14.2 Å². The molecule has 0 aliphatic carbocycles. The number of primary amides is 1. The second kappa shape index (κ2) is 6.80. The quantitative estimate of drug-likeness (QED) is 0.554. The first-order valence-electron chi connectivity index (χ1n) is 8.08. The largest absolute Gasteiger partial charge is 0.453 e. The van der Waals surface area contributed by atoms with E-state index in [0.717, 1.165) is 5.39 Å². The van der Waals surface area contributed by atoms with Crippen LogP contribution in [0.25, 0.3) is 22.2 Å². The third-order valence-corrected chi connectivity index (χ3v) is 3.98. The maximum atomic E-state index is 15.3. The van der Waals surface area contributed by atoms with Gasteiger partial charge >= 0.3 is 6.09 Å². The summed E-state index contributed by atoms with van der Waals surface area (Å²) in [7, 11) is 0. The Hall–Kier alpha value is -3.87.